The van der Waals surface area contributed by atoms with Crippen molar-refractivity contribution in [2.45, 2.75) is 0 Å². The highest BCUT2D eigenvalue weighted by Gasteiger charge is 2.18. The van der Waals surface area contributed by atoms with Crippen molar-refractivity contribution < 1.29 is 18.8 Å². The zero-order valence-electron chi connectivity index (χ0n) is 12.2. The number of aromatic amines is 1. The highest BCUT2D eigenvalue weighted by Crippen LogP contribution is 2.33. The number of tetrazole rings is 1. The molecule has 3 aromatic rings. The van der Waals surface area contributed by atoms with Crippen molar-refractivity contribution in [3.05, 3.63) is 30.0 Å². The highest BCUT2D eigenvalue weighted by molar-refractivity contribution is 6.02. The maximum Gasteiger partial charge on any atom is 0.280 e. The monoisotopic (exact) mass is 316 g/mol. The van der Waals surface area contributed by atoms with Crippen LogP contribution in [0.2, 0.25) is 0 Å². The standard InChI is InChI=1S/C13H12N6O4/c1-21-7-3-4-8(10(5-7)22-2)11-6-9(17-23-11)12(20)14-13-15-18-19-16-13/h3-6H,1-2H3,(H2,14,15,16,18,19,20). The maximum absolute atomic E-state index is 12.0. The van der Waals surface area contributed by atoms with E-state index in [0.29, 0.717) is 22.8 Å². The van der Waals surface area contributed by atoms with Crippen LogP contribution in [0.15, 0.2) is 28.8 Å². The van der Waals surface area contributed by atoms with E-state index in [1.807, 2.05) is 0 Å². The Labute approximate surface area is 129 Å². The summed E-state index contributed by atoms with van der Waals surface area (Å²) in [6, 6.07) is 6.69. The summed E-state index contributed by atoms with van der Waals surface area (Å²) in [6.07, 6.45) is 0. The summed E-state index contributed by atoms with van der Waals surface area (Å²) < 4.78 is 15.6. The predicted octanol–water partition coefficient (Wildman–Crippen LogP) is 1.12. The number of amides is 1. The number of methoxy groups -OCH3 is 2. The first kappa shape index (κ1) is 14.5. The van der Waals surface area contributed by atoms with Crippen molar-refractivity contribution in [3.63, 3.8) is 0 Å². The molecule has 10 nitrogen and oxygen atoms in total. The molecule has 0 bridgehead atoms. The summed E-state index contributed by atoms with van der Waals surface area (Å²) in [5, 5.41) is 19.0. The number of aromatic nitrogens is 5. The number of nitrogens with zero attached hydrogens (tertiary/aromatic N) is 4. The van der Waals surface area contributed by atoms with Crippen LogP contribution in [0.1, 0.15) is 10.5 Å². The average Bonchev–Trinajstić information content (AvgIpc) is 3.25. The lowest BCUT2D eigenvalue weighted by molar-refractivity contribution is 0.101. The minimum absolute atomic E-state index is 0.0431. The van der Waals surface area contributed by atoms with Crippen LogP contribution in [0.5, 0.6) is 11.5 Å². The Kier molecular flexibility index (Phi) is 3.87. The molecule has 0 aliphatic carbocycles. The molecule has 118 valence electrons. The number of anilines is 1. The molecule has 23 heavy (non-hydrogen) atoms. The van der Waals surface area contributed by atoms with E-state index < -0.39 is 5.91 Å². The summed E-state index contributed by atoms with van der Waals surface area (Å²) in [5.41, 5.74) is 0.710. The fraction of sp³-hybridized carbons (Fsp3) is 0.154. The highest BCUT2D eigenvalue weighted by atomic mass is 16.5. The minimum atomic E-state index is -0.520. The van der Waals surface area contributed by atoms with Crippen LogP contribution < -0.4 is 14.8 Å². The van der Waals surface area contributed by atoms with Crippen molar-refractivity contribution in [2.75, 3.05) is 19.5 Å². The van der Waals surface area contributed by atoms with Crippen LogP contribution in [0.4, 0.5) is 5.95 Å². The SMILES string of the molecule is COc1ccc(-c2cc(C(=O)Nc3nn[nH]n3)no2)c(OC)c1. The van der Waals surface area contributed by atoms with E-state index in [0.717, 1.165) is 0 Å². The normalized spacial score (nSPS) is 10.3. The summed E-state index contributed by atoms with van der Waals surface area (Å²) in [7, 11) is 3.09. The molecule has 10 heteroatoms. The second-order valence-electron chi connectivity index (χ2n) is 4.33. The van der Waals surface area contributed by atoms with Gasteiger partial charge in [0.05, 0.1) is 19.8 Å². The van der Waals surface area contributed by atoms with Crippen molar-refractivity contribution in [1.29, 1.82) is 0 Å². The Morgan fingerprint density at radius 1 is 1.26 bits per heavy atom. The lowest BCUT2D eigenvalue weighted by atomic mass is 10.1. The zero-order valence-corrected chi connectivity index (χ0v) is 12.2. The van der Waals surface area contributed by atoms with Crippen LogP contribution in [0.25, 0.3) is 11.3 Å². The van der Waals surface area contributed by atoms with Crippen molar-refractivity contribution in [3.8, 4) is 22.8 Å². The van der Waals surface area contributed by atoms with Crippen LogP contribution in [0, 0.1) is 0 Å². The van der Waals surface area contributed by atoms with Gasteiger partial charge < -0.3 is 14.0 Å². The maximum atomic E-state index is 12.0. The molecule has 0 fully saturated rings. The molecule has 0 atom stereocenters. The Bertz CT molecular complexity index is 814. The molecule has 3 rings (SSSR count). The van der Waals surface area contributed by atoms with Crippen LogP contribution in [0.3, 0.4) is 0 Å². The van der Waals surface area contributed by atoms with E-state index in [1.54, 1.807) is 25.3 Å². The van der Waals surface area contributed by atoms with E-state index in [4.69, 9.17) is 14.0 Å². The third kappa shape index (κ3) is 2.95. The number of ether oxygens (including phenoxy) is 2. The van der Waals surface area contributed by atoms with Gasteiger partial charge in [-0.2, -0.15) is 5.21 Å². The van der Waals surface area contributed by atoms with Gasteiger partial charge in [-0.15, -0.1) is 5.10 Å². The summed E-state index contributed by atoms with van der Waals surface area (Å²) in [6.45, 7) is 0. The number of hydrogen-bond acceptors (Lipinski definition) is 8. The Morgan fingerprint density at radius 2 is 2.13 bits per heavy atom. The van der Waals surface area contributed by atoms with Gasteiger partial charge in [0.1, 0.15) is 11.5 Å². The quantitative estimate of drug-likeness (QED) is 0.716. The van der Waals surface area contributed by atoms with Crippen LogP contribution in [-0.2, 0) is 0 Å². The molecule has 2 aromatic heterocycles. The first-order chi connectivity index (χ1) is 11.2. The molecule has 0 aliphatic heterocycles. The Morgan fingerprint density at radius 3 is 2.83 bits per heavy atom. The fourth-order valence-corrected chi connectivity index (χ4v) is 1.89. The molecule has 0 unspecified atom stereocenters. The second kappa shape index (κ2) is 6.13. The van der Waals surface area contributed by atoms with Crippen LogP contribution in [-0.4, -0.2) is 45.9 Å². The van der Waals surface area contributed by atoms with Crippen molar-refractivity contribution in [1.82, 2.24) is 25.8 Å². The Hall–Kier alpha value is -3.43. The third-order valence-corrected chi connectivity index (χ3v) is 2.99. The van der Waals surface area contributed by atoms with E-state index >= 15 is 0 Å². The number of carbonyl (C=O) groups is 1. The third-order valence-electron chi connectivity index (χ3n) is 2.99. The second-order valence-corrected chi connectivity index (χ2v) is 4.33. The van der Waals surface area contributed by atoms with Gasteiger partial charge >= 0.3 is 0 Å². The summed E-state index contributed by atoms with van der Waals surface area (Å²) >= 11 is 0. The molecule has 0 aliphatic rings. The fourth-order valence-electron chi connectivity index (χ4n) is 1.89. The number of benzene rings is 1. The van der Waals surface area contributed by atoms with Crippen molar-refractivity contribution in [2.24, 2.45) is 0 Å². The van der Waals surface area contributed by atoms with Gasteiger partial charge in [0.2, 0.25) is 0 Å². The van der Waals surface area contributed by atoms with Crippen LogP contribution >= 0.6 is 0 Å². The molecular weight excluding hydrogens is 304 g/mol. The van der Waals surface area contributed by atoms with E-state index in [-0.39, 0.29) is 11.6 Å². The van der Waals surface area contributed by atoms with E-state index in [2.05, 4.69) is 31.1 Å². The molecule has 0 saturated carbocycles. The van der Waals surface area contributed by atoms with Gasteiger partial charge in [-0.1, -0.05) is 10.3 Å². The summed E-state index contributed by atoms with van der Waals surface area (Å²) in [4.78, 5) is 12.0. The van der Waals surface area contributed by atoms with Gasteiger partial charge in [-0.25, -0.2) is 0 Å². The molecule has 1 aromatic carbocycles. The largest absolute Gasteiger partial charge is 0.497 e. The van der Waals surface area contributed by atoms with E-state index in [9.17, 15) is 4.79 Å². The minimum Gasteiger partial charge on any atom is -0.497 e. The lowest BCUT2D eigenvalue weighted by Gasteiger charge is -2.07. The lowest BCUT2D eigenvalue weighted by Crippen LogP contribution is -2.13. The van der Waals surface area contributed by atoms with E-state index in [1.165, 1.54) is 13.2 Å². The molecule has 0 saturated heterocycles. The topological polar surface area (TPSA) is 128 Å². The molecule has 0 spiro atoms. The molecular formula is C13H12N6O4. The first-order valence-corrected chi connectivity index (χ1v) is 6.45. The first-order valence-electron chi connectivity index (χ1n) is 6.45. The zero-order chi connectivity index (χ0) is 16.2. The van der Waals surface area contributed by atoms with Gasteiger partial charge in [0.15, 0.2) is 11.5 Å². The number of carbonyl (C=O) groups excluding carboxylic acids is 1. The molecule has 1 amide bonds. The smallest absolute Gasteiger partial charge is 0.280 e. The summed E-state index contributed by atoms with van der Waals surface area (Å²) in [5.74, 6) is 1.07. The number of nitrogens with one attached hydrogen (secondary N) is 2. The predicted molar refractivity (Wildman–Crippen MR) is 77.2 cm³/mol. The molecule has 0 radical (unpaired) electrons. The van der Waals surface area contributed by atoms with Gasteiger partial charge in [0, 0.05) is 12.1 Å². The van der Waals surface area contributed by atoms with Crippen molar-refractivity contribution >= 4 is 11.9 Å². The van der Waals surface area contributed by atoms with Gasteiger partial charge in [-0.3, -0.25) is 10.1 Å². The number of H-pyrrole nitrogens is 1. The van der Waals surface area contributed by atoms with Gasteiger partial charge in [0.25, 0.3) is 11.9 Å². The van der Waals surface area contributed by atoms with Gasteiger partial charge in [-0.05, 0) is 17.3 Å². The molecule has 2 heterocycles. The average molecular weight is 316 g/mol. The Balaban J connectivity index is 1.85. The number of rotatable bonds is 5. The number of hydrogen-bond donors (Lipinski definition) is 2. The molecule has 2 N–H and O–H groups in total.